The van der Waals surface area contributed by atoms with Gasteiger partial charge in [0.15, 0.2) is 17.3 Å². The first-order valence-electron chi connectivity index (χ1n) is 11.7. The van der Waals surface area contributed by atoms with E-state index in [1.165, 1.54) is 12.8 Å². The maximum absolute atomic E-state index is 13.1. The lowest BCUT2D eigenvalue weighted by Crippen LogP contribution is -2.45. The summed E-state index contributed by atoms with van der Waals surface area (Å²) in [4.78, 5) is 26.6. The average Bonchev–Trinajstić information content (AvgIpc) is 3.34. The molecule has 1 aliphatic heterocycles. The first-order chi connectivity index (χ1) is 15.8. The van der Waals surface area contributed by atoms with E-state index in [1.54, 1.807) is 25.3 Å². The maximum atomic E-state index is 13.1. The van der Waals surface area contributed by atoms with Crippen LogP contribution >= 0.6 is 0 Å². The number of aromatic nitrogens is 2. The van der Waals surface area contributed by atoms with Crippen LogP contribution in [-0.4, -0.2) is 56.3 Å². The summed E-state index contributed by atoms with van der Waals surface area (Å²) in [6.07, 6.45) is 7.30. The van der Waals surface area contributed by atoms with Gasteiger partial charge < -0.3 is 24.6 Å². The Morgan fingerprint density at radius 3 is 2.58 bits per heavy atom. The average molecular weight is 454 g/mol. The molecule has 2 heterocycles. The molecule has 8 heteroatoms. The van der Waals surface area contributed by atoms with Crippen molar-refractivity contribution in [3.8, 4) is 11.5 Å². The number of carbonyl (C=O) groups excluding carboxylic acids is 1. The molecular weight excluding hydrogens is 418 g/mol. The standard InChI is InChI=1S/C25H35N5O3/c1-25(2)16-30(18-8-6-7-9-18)22-19(29(3)23(25)31)15-27-24(28-22)26-13-12-17-10-11-20(32-4)21(14-17)33-5/h10-11,14-15,18H,6-9,12-13,16H2,1-5H3,(H,26,27,28). The summed E-state index contributed by atoms with van der Waals surface area (Å²) in [5, 5.41) is 3.36. The molecule has 178 valence electrons. The number of methoxy groups -OCH3 is 2. The number of hydrogen-bond donors (Lipinski definition) is 1. The van der Waals surface area contributed by atoms with Gasteiger partial charge in [0.2, 0.25) is 11.9 Å². The summed E-state index contributed by atoms with van der Waals surface area (Å²) in [7, 11) is 5.10. The largest absolute Gasteiger partial charge is 0.493 e. The van der Waals surface area contributed by atoms with E-state index in [0.29, 0.717) is 25.1 Å². The Morgan fingerprint density at radius 1 is 1.15 bits per heavy atom. The van der Waals surface area contributed by atoms with Gasteiger partial charge in [0.1, 0.15) is 5.69 Å². The predicted octanol–water partition coefficient (Wildman–Crippen LogP) is 3.90. The molecule has 0 saturated heterocycles. The van der Waals surface area contributed by atoms with Crippen molar-refractivity contribution in [1.29, 1.82) is 0 Å². The lowest BCUT2D eigenvalue weighted by atomic mass is 9.91. The summed E-state index contributed by atoms with van der Waals surface area (Å²) < 4.78 is 10.7. The molecule has 1 aliphatic carbocycles. The zero-order chi connectivity index (χ0) is 23.6. The molecule has 8 nitrogen and oxygen atoms in total. The minimum Gasteiger partial charge on any atom is -0.493 e. The lowest BCUT2D eigenvalue weighted by molar-refractivity contribution is -0.125. The minimum atomic E-state index is -0.487. The highest BCUT2D eigenvalue weighted by atomic mass is 16.5. The predicted molar refractivity (Wildman–Crippen MR) is 131 cm³/mol. The molecule has 1 amide bonds. The van der Waals surface area contributed by atoms with Crippen LogP contribution in [0.5, 0.6) is 11.5 Å². The Labute approximate surface area is 196 Å². The van der Waals surface area contributed by atoms with Crippen molar-refractivity contribution >= 4 is 23.4 Å². The van der Waals surface area contributed by atoms with Gasteiger partial charge in [0, 0.05) is 26.2 Å². The summed E-state index contributed by atoms with van der Waals surface area (Å²) in [6, 6.07) is 6.35. The molecule has 1 aromatic heterocycles. The van der Waals surface area contributed by atoms with Crippen LogP contribution in [0.4, 0.5) is 17.5 Å². The SMILES string of the molecule is COc1ccc(CCNc2ncc3c(n2)N(C2CCCC2)CC(C)(C)C(=O)N3C)cc1OC. The Morgan fingerprint density at radius 2 is 1.88 bits per heavy atom. The van der Waals surface area contributed by atoms with Crippen LogP contribution < -0.4 is 24.6 Å². The molecule has 33 heavy (non-hydrogen) atoms. The zero-order valence-electron chi connectivity index (χ0n) is 20.4. The second kappa shape index (κ2) is 9.45. The van der Waals surface area contributed by atoms with Crippen molar-refractivity contribution in [2.24, 2.45) is 5.41 Å². The minimum absolute atomic E-state index is 0.0991. The number of rotatable bonds is 7. The number of carbonyl (C=O) groups is 1. The second-order valence-electron chi connectivity index (χ2n) is 9.58. The van der Waals surface area contributed by atoms with Crippen molar-refractivity contribution in [2.45, 2.75) is 52.0 Å². The Bertz CT molecular complexity index is 1000. The normalized spacial score (nSPS) is 18.2. The highest BCUT2D eigenvalue weighted by Crippen LogP contribution is 2.40. The monoisotopic (exact) mass is 453 g/mol. The third kappa shape index (κ3) is 4.70. The molecule has 4 rings (SSSR count). The summed E-state index contributed by atoms with van der Waals surface area (Å²) in [5.74, 6) is 2.97. The van der Waals surface area contributed by atoms with Crippen LogP contribution in [0.2, 0.25) is 0 Å². The molecule has 0 bridgehead atoms. The van der Waals surface area contributed by atoms with E-state index in [2.05, 4.69) is 15.2 Å². The fourth-order valence-corrected chi connectivity index (χ4v) is 4.90. The molecule has 1 aromatic carbocycles. The topological polar surface area (TPSA) is 79.8 Å². The molecule has 0 atom stereocenters. The molecule has 2 aliphatic rings. The number of amides is 1. The van der Waals surface area contributed by atoms with E-state index in [-0.39, 0.29) is 5.91 Å². The molecular formula is C25H35N5O3. The smallest absolute Gasteiger partial charge is 0.234 e. The zero-order valence-corrected chi connectivity index (χ0v) is 20.4. The van der Waals surface area contributed by atoms with Crippen molar-refractivity contribution in [2.75, 3.05) is 49.5 Å². The lowest BCUT2D eigenvalue weighted by Gasteiger charge is -2.34. The van der Waals surface area contributed by atoms with Crippen LogP contribution in [0.3, 0.4) is 0 Å². The summed E-state index contributed by atoms with van der Waals surface area (Å²) >= 11 is 0. The van der Waals surface area contributed by atoms with E-state index < -0.39 is 5.41 Å². The fourth-order valence-electron chi connectivity index (χ4n) is 4.90. The molecule has 2 aromatic rings. The third-order valence-corrected chi connectivity index (χ3v) is 6.74. The van der Waals surface area contributed by atoms with Crippen LogP contribution in [0, 0.1) is 5.41 Å². The van der Waals surface area contributed by atoms with Crippen molar-refractivity contribution in [3.05, 3.63) is 30.0 Å². The number of nitrogens with one attached hydrogen (secondary N) is 1. The van der Waals surface area contributed by atoms with Crippen molar-refractivity contribution in [3.63, 3.8) is 0 Å². The molecule has 1 fully saturated rings. The number of anilines is 3. The van der Waals surface area contributed by atoms with Gasteiger partial charge in [-0.1, -0.05) is 18.9 Å². The molecule has 1 N–H and O–H groups in total. The van der Waals surface area contributed by atoms with Crippen LogP contribution in [-0.2, 0) is 11.2 Å². The Hall–Kier alpha value is -3.03. The van der Waals surface area contributed by atoms with Crippen molar-refractivity contribution < 1.29 is 14.3 Å². The summed E-state index contributed by atoms with van der Waals surface area (Å²) in [5.41, 5.74) is 1.43. The van der Waals surface area contributed by atoms with E-state index in [4.69, 9.17) is 14.5 Å². The van der Waals surface area contributed by atoms with Crippen LogP contribution in [0.15, 0.2) is 24.4 Å². The number of fused-ring (bicyclic) bond motifs is 1. The molecule has 1 saturated carbocycles. The Balaban J connectivity index is 1.54. The first-order valence-corrected chi connectivity index (χ1v) is 11.7. The van der Waals surface area contributed by atoms with Gasteiger partial charge in [-0.2, -0.15) is 4.98 Å². The fraction of sp³-hybridized carbons (Fsp3) is 0.560. The number of hydrogen-bond acceptors (Lipinski definition) is 7. The first kappa shape index (κ1) is 23.1. The molecule has 0 spiro atoms. The molecule has 0 radical (unpaired) electrons. The van der Waals surface area contributed by atoms with Gasteiger partial charge in [-0.05, 0) is 50.8 Å². The van der Waals surface area contributed by atoms with Gasteiger partial charge in [-0.15, -0.1) is 0 Å². The highest BCUT2D eigenvalue weighted by Gasteiger charge is 2.41. The van der Waals surface area contributed by atoms with E-state index in [9.17, 15) is 4.79 Å². The van der Waals surface area contributed by atoms with E-state index in [0.717, 1.165) is 47.8 Å². The summed E-state index contributed by atoms with van der Waals surface area (Å²) in [6.45, 7) is 5.39. The van der Waals surface area contributed by atoms with Gasteiger partial charge in [-0.25, -0.2) is 4.98 Å². The van der Waals surface area contributed by atoms with Gasteiger partial charge in [0.25, 0.3) is 0 Å². The second-order valence-corrected chi connectivity index (χ2v) is 9.58. The number of benzene rings is 1. The van der Waals surface area contributed by atoms with E-state index in [1.807, 2.05) is 39.1 Å². The maximum Gasteiger partial charge on any atom is 0.234 e. The third-order valence-electron chi connectivity index (χ3n) is 6.74. The number of ether oxygens (including phenoxy) is 2. The van der Waals surface area contributed by atoms with Crippen LogP contribution in [0.25, 0.3) is 0 Å². The molecule has 0 unspecified atom stereocenters. The van der Waals surface area contributed by atoms with E-state index >= 15 is 0 Å². The quantitative estimate of drug-likeness (QED) is 0.681. The van der Waals surface area contributed by atoms with Crippen LogP contribution in [0.1, 0.15) is 45.1 Å². The van der Waals surface area contributed by atoms with Gasteiger partial charge in [0.05, 0.1) is 25.8 Å². The van der Waals surface area contributed by atoms with Gasteiger partial charge >= 0.3 is 0 Å². The number of nitrogens with zero attached hydrogens (tertiary/aromatic N) is 4. The van der Waals surface area contributed by atoms with Gasteiger partial charge in [-0.3, -0.25) is 4.79 Å². The van der Waals surface area contributed by atoms with Crippen molar-refractivity contribution in [1.82, 2.24) is 9.97 Å². The Kier molecular flexibility index (Phi) is 6.63. The highest BCUT2D eigenvalue weighted by molar-refractivity contribution is 6.00.